The van der Waals surface area contributed by atoms with Gasteiger partial charge >= 0.3 is 6.09 Å². The zero-order chi connectivity index (χ0) is 14.9. The van der Waals surface area contributed by atoms with Crippen LogP contribution in [0.3, 0.4) is 0 Å². The van der Waals surface area contributed by atoms with Crippen LogP contribution in [0, 0.1) is 0 Å². The maximum atomic E-state index is 11.8. The maximum Gasteiger partial charge on any atom is 0.410 e. The van der Waals surface area contributed by atoms with Gasteiger partial charge in [-0.3, -0.25) is 0 Å². The molecule has 1 saturated heterocycles. The lowest BCUT2D eigenvalue weighted by Crippen LogP contribution is -2.58. The lowest BCUT2D eigenvalue weighted by molar-refractivity contribution is 0.0105. The highest BCUT2D eigenvalue weighted by Gasteiger charge is 2.34. The number of hydrogen-bond acceptors (Lipinski definition) is 3. The fraction of sp³-hybridized carbons (Fsp3) is 0.500. The molecule has 110 valence electrons. The van der Waals surface area contributed by atoms with Gasteiger partial charge in [-0.05, 0) is 64.8 Å². The van der Waals surface area contributed by atoms with Gasteiger partial charge in [0, 0.05) is 22.0 Å². The van der Waals surface area contributed by atoms with E-state index in [2.05, 4.69) is 37.2 Å². The van der Waals surface area contributed by atoms with Gasteiger partial charge in [0.1, 0.15) is 5.60 Å². The number of benzene rings is 1. The summed E-state index contributed by atoms with van der Waals surface area (Å²) < 4.78 is 7.33. The van der Waals surface area contributed by atoms with Crippen molar-refractivity contribution in [3.05, 3.63) is 27.1 Å². The van der Waals surface area contributed by atoms with Crippen LogP contribution in [0.25, 0.3) is 0 Å². The summed E-state index contributed by atoms with van der Waals surface area (Å²) in [6, 6.07) is 6.18. The molecule has 0 unspecified atom stereocenters. The predicted octanol–water partition coefficient (Wildman–Crippen LogP) is 4.24. The van der Waals surface area contributed by atoms with Crippen molar-refractivity contribution >= 4 is 43.6 Å². The topological polar surface area (TPSA) is 41.6 Å². The number of amides is 1. The second-order valence-electron chi connectivity index (χ2n) is 5.82. The van der Waals surface area contributed by atoms with Gasteiger partial charge < -0.3 is 15.0 Å². The maximum absolute atomic E-state index is 11.8. The number of rotatable bonds is 2. The molecule has 2 rings (SSSR count). The standard InChI is InChI=1S/C14H18Br2N2O2/c1-14(2,3)20-13(19)18-7-9(8-18)17-12-10(15)5-4-6-11(12)16/h4-6,9,17H,7-8H2,1-3H3. The van der Waals surface area contributed by atoms with Gasteiger partial charge in [-0.15, -0.1) is 0 Å². The lowest BCUT2D eigenvalue weighted by atomic mass is 10.1. The SMILES string of the molecule is CC(C)(C)OC(=O)N1CC(Nc2c(Br)cccc2Br)C1. The summed E-state index contributed by atoms with van der Waals surface area (Å²) >= 11 is 7.03. The van der Waals surface area contributed by atoms with Crippen LogP contribution in [0.1, 0.15) is 20.8 Å². The van der Waals surface area contributed by atoms with E-state index >= 15 is 0 Å². The molecular formula is C14H18Br2N2O2. The number of anilines is 1. The van der Waals surface area contributed by atoms with Gasteiger partial charge in [0.2, 0.25) is 0 Å². The van der Waals surface area contributed by atoms with E-state index in [-0.39, 0.29) is 12.1 Å². The number of nitrogens with one attached hydrogen (secondary N) is 1. The van der Waals surface area contributed by atoms with E-state index in [0.29, 0.717) is 13.1 Å². The molecule has 1 aliphatic heterocycles. The zero-order valence-electron chi connectivity index (χ0n) is 11.7. The number of para-hydroxylation sites is 1. The molecule has 0 bridgehead atoms. The Morgan fingerprint density at radius 2 is 1.85 bits per heavy atom. The number of ether oxygens (including phenoxy) is 1. The Hall–Kier alpha value is -0.750. The van der Waals surface area contributed by atoms with Gasteiger partial charge in [-0.25, -0.2) is 4.79 Å². The minimum atomic E-state index is -0.443. The van der Waals surface area contributed by atoms with Crippen LogP contribution in [0.2, 0.25) is 0 Å². The molecular weight excluding hydrogens is 388 g/mol. The molecule has 1 aromatic carbocycles. The summed E-state index contributed by atoms with van der Waals surface area (Å²) in [5.41, 5.74) is 0.572. The molecule has 0 radical (unpaired) electrons. The van der Waals surface area contributed by atoms with Crippen molar-refractivity contribution in [2.75, 3.05) is 18.4 Å². The molecule has 1 N–H and O–H groups in total. The summed E-state index contributed by atoms with van der Waals surface area (Å²) in [6.45, 7) is 6.93. The van der Waals surface area contributed by atoms with Crippen LogP contribution >= 0.6 is 31.9 Å². The minimum Gasteiger partial charge on any atom is -0.444 e. The summed E-state index contributed by atoms with van der Waals surface area (Å²) in [6.07, 6.45) is -0.248. The smallest absolute Gasteiger partial charge is 0.410 e. The summed E-state index contributed by atoms with van der Waals surface area (Å²) in [5.74, 6) is 0. The van der Waals surface area contributed by atoms with Crippen molar-refractivity contribution < 1.29 is 9.53 Å². The third-order valence-electron chi connectivity index (χ3n) is 2.84. The van der Waals surface area contributed by atoms with Crippen molar-refractivity contribution in [2.45, 2.75) is 32.4 Å². The summed E-state index contributed by atoms with van der Waals surface area (Å²) in [4.78, 5) is 13.5. The first-order valence-electron chi connectivity index (χ1n) is 6.45. The number of halogens is 2. The highest BCUT2D eigenvalue weighted by molar-refractivity contribution is 9.11. The monoisotopic (exact) mass is 404 g/mol. The zero-order valence-corrected chi connectivity index (χ0v) is 14.9. The van der Waals surface area contributed by atoms with Gasteiger partial charge in [0.05, 0.1) is 11.7 Å². The van der Waals surface area contributed by atoms with Crippen molar-refractivity contribution in [1.82, 2.24) is 4.90 Å². The third-order valence-corrected chi connectivity index (χ3v) is 4.17. The molecule has 1 aliphatic rings. The lowest BCUT2D eigenvalue weighted by Gasteiger charge is -2.40. The normalized spacial score (nSPS) is 15.8. The molecule has 20 heavy (non-hydrogen) atoms. The number of nitrogens with zero attached hydrogens (tertiary/aromatic N) is 1. The Labute approximate surface area is 136 Å². The molecule has 6 heteroatoms. The van der Waals surface area contributed by atoms with E-state index < -0.39 is 5.60 Å². The van der Waals surface area contributed by atoms with Crippen molar-refractivity contribution in [1.29, 1.82) is 0 Å². The van der Waals surface area contributed by atoms with Crippen molar-refractivity contribution in [3.63, 3.8) is 0 Å². The minimum absolute atomic E-state index is 0.248. The molecule has 0 saturated carbocycles. The molecule has 0 atom stereocenters. The highest BCUT2D eigenvalue weighted by Crippen LogP contribution is 2.32. The van der Waals surface area contributed by atoms with Crippen LogP contribution in [0.15, 0.2) is 27.1 Å². The van der Waals surface area contributed by atoms with E-state index in [1.54, 1.807) is 4.90 Å². The van der Waals surface area contributed by atoms with Crippen LogP contribution in [0.4, 0.5) is 10.5 Å². The van der Waals surface area contributed by atoms with Gasteiger partial charge in [-0.1, -0.05) is 6.07 Å². The Kier molecular flexibility index (Phi) is 4.64. The summed E-state index contributed by atoms with van der Waals surface area (Å²) in [7, 11) is 0. The largest absolute Gasteiger partial charge is 0.444 e. The quantitative estimate of drug-likeness (QED) is 0.799. The van der Waals surface area contributed by atoms with E-state index in [1.807, 2.05) is 39.0 Å². The molecule has 0 aliphatic carbocycles. The van der Waals surface area contributed by atoms with Gasteiger partial charge in [-0.2, -0.15) is 0 Å². The third kappa shape index (κ3) is 3.88. The molecule has 0 aromatic heterocycles. The molecule has 1 heterocycles. The Bertz CT molecular complexity index is 488. The Balaban J connectivity index is 1.87. The molecule has 1 fully saturated rings. The fourth-order valence-electron chi connectivity index (χ4n) is 1.89. The first kappa shape index (κ1) is 15.6. The van der Waals surface area contributed by atoms with Crippen LogP contribution in [-0.2, 0) is 4.74 Å². The Morgan fingerprint density at radius 3 is 2.35 bits per heavy atom. The number of likely N-dealkylation sites (tertiary alicyclic amines) is 1. The molecule has 4 nitrogen and oxygen atoms in total. The van der Waals surface area contributed by atoms with E-state index in [0.717, 1.165) is 14.6 Å². The molecule has 1 amide bonds. The second-order valence-corrected chi connectivity index (χ2v) is 7.53. The number of carbonyl (C=O) groups excluding carboxylic acids is 1. The van der Waals surface area contributed by atoms with Gasteiger partial charge in [0.25, 0.3) is 0 Å². The van der Waals surface area contributed by atoms with Crippen LogP contribution in [0.5, 0.6) is 0 Å². The number of carbonyl (C=O) groups is 1. The average molecular weight is 406 g/mol. The first-order valence-corrected chi connectivity index (χ1v) is 8.03. The van der Waals surface area contributed by atoms with Crippen molar-refractivity contribution in [3.8, 4) is 0 Å². The predicted molar refractivity (Wildman–Crippen MR) is 87.1 cm³/mol. The number of hydrogen-bond donors (Lipinski definition) is 1. The van der Waals surface area contributed by atoms with Gasteiger partial charge in [0.15, 0.2) is 0 Å². The van der Waals surface area contributed by atoms with Crippen LogP contribution < -0.4 is 5.32 Å². The molecule has 0 spiro atoms. The summed E-state index contributed by atoms with van der Waals surface area (Å²) in [5, 5.41) is 3.42. The average Bonchev–Trinajstić information content (AvgIpc) is 2.23. The fourth-order valence-corrected chi connectivity index (χ4v) is 3.11. The first-order chi connectivity index (χ1) is 9.26. The van der Waals surface area contributed by atoms with E-state index in [4.69, 9.17) is 4.74 Å². The molecule has 1 aromatic rings. The Morgan fingerprint density at radius 1 is 1.30 bits per heavy atom. The van der Waals surface area contributed by atoms with E-state index in [9.17, 15) is 4.79 Å². The van der Waals surface area contributed by atoms with Crippen LogP contribution in [-0.4, -0.2) is 35.7 Å². The van der Waals surface area contributed by atoms with E-state index in [1.165, 1.54) is 0 Å². The highest BCUT2D eigenvalue weighted by atomic mass is 79.9. The second kappa shape index (κ2) is 5.93. The van der Waals surface area contributed by atoms with Crippen molar-refractivity contribution in [2.24, 2.45) is 0 Å².